The minimum Gasteiger partial charge on any atom is -0.507 e. The monoisotopic (exact) mass is 441 g/mol. The number of rotatable bonds is 6. The van der Waals surface area contributed by atoms with Gasteiger partial charge in [0, 0.05) is 25.1 Å². The molecular weight excluding hydrogens is 410 g/mol. The van der Waals surface area contributed by atoms with Crippen molar-refractivity contribution >= 4 is 11.9 Å². The minimum atomic E-state index is -0.577. The molecule has 0 radical (unpaired) electrons. The minimum absolute atomic E-state index is 0.133. The first-order chi connectivity index (χ1) is 15.5. The van der Waals surface area contributed by atoms with E-state index in [2.05, 4.69) is 5.32 Å². The summed E-state index contributed by atoms with van der Waals surface area (Å²) in [6, 6.07) is 4.91. The van der Waals surface area contributed by atoms with Gasteiger partial charge in [0.1, 0.15) is 17.4 Å². The van der Waals surface area contributed by atoms with E-state index in [4.69, 9.17) is 9.47 Å². The number of carbonyl (C=O) groups excluding carboxylic acids is 2. The Morgan fingerprint density at radius 3 is 2.81 bits per heavy atom. The van der Waals surface area contributed by atoms with Gasteiger partial charge in [-0.2, -0.15) is 0 Å². The van der Waals surface area contributed by atoms with Crippen molar-refractivity contribution in [3.05, 3.63) is 65.9 Å². The summed E-state index contributed by atoms with van der Waals surface area (Å²) in [6.07, 6.45) is 11.7. The third kappa shape index (κ3) is 6.80. The van der Waals surface area contributed by atoms with Crippen molar-refractivity contribution in [1.29, 1.82) is 0 Å². The van der Waals surface area contributed by atoms with Gasteiger partial charge in [0.05, 0.1) is 18.3 Å². The molecule has 172 valence electrons. The highest BCUT2D eigenvalue weighted by Crippen LogP contribution is 2.32. The SMILES string of the molecule is CCC=CC=CC(=O)NC=CCC1CC2C[C@@H](O)C[C@H](Cc3cccc(O)c3C(=O)O1)O2. The third-order valence-corrected chi connectivity index (χ3v) is 5.51. The number of nitrogens with one attached hydrogen (secondary N) is 1. The van der Waals surface area contributed by atoms with Crippen LogP contribution in [-0.2, 0) is 20.7 Å². The molecule has 2 bridgehead atoms. The molecule has 3 rings (SSSR count). The molecule has 0 aliphatic carbocycles. The summed E-state index contributed by atoms with van der Waals surface area (Å²) < 4.78 is 11.9. The highest BCUT2D eigenvalue weighted by atomic mass is 16.5. The number of benzene rings is 1. The van der Waals surface area contributed by atoms with E-state index in [1.807, 2.05) is 19.1 Å². The number of amides is 1. The number of hydrogen-bond donors (Lipinski definition) is 3. The van der Waals surface area contributed by atoms with Gasteiger partial charge in [-0.25, -0.2) is 4.79 Å². The topological polar surface area (TPSA) is 105 Å². The van der Waals surface area contributed by atoms with Crippen LogP contribution in [0, 0.1) is 0 Å². The molecule has 4 atom stereocenters. The van der Waals surface area contributed by atoms with E-state index >= 15 is 0 Å². The van der Waals surface area contributed by atoms with E-state index in [1.54, 1.807) is 24.3 Å². The third-order valence-electron chi connectivity index (χ3n) is 5.51. The van der Waals surface area contributed by atoms with Crippen molar-refractivity contribution in [1.82, 2.24) is 5.32 Å². The molecule has 7 nitrogen and oxygen atoms in total. The van der Waals surface area contributed by atoms with Crippen LogP contribution in [0.5, 0.6) is 5.75 Å². The zero-order valence-electron chi connectivity index (χ0n) is 18.3. The Morgan fingerprint density at radius 1 is 1.19 bits per heavy atom. The lowest BCUT2D eigenvalue weighted by atomic mass is 9.91. The first-order valence-corrected chi connectivity index (χ1v) is 11.1. The number of cyclic esters (lactones) is 1. The second-order valence-electron chi connectivity index (χ2n) is 8.13. The number of phenols is 1. The van der Waals surface area contributed by atoms with Gasteiger partial charge in [-0.3, -0.25) is 4.79 Å². The number of aliphatic hydroxyl groups is 1. The van der Waals surface area contributed by atoms with E-state index in [1.165, 1.54) is 18.3 Å². The van der Waals surface area contributed by atoms with Gasteiger partial charge in [-0.05, 0) is 37.3 Å². The second-order valence-corrected chi connectivity index (χ2v) is 8.13. The Labute approximate surface area is 188 Å². The maximum atomic E-state index is 12.9. The molecule has 0 spiro atoms. The Balaban J connectivity index is 1.70. The van der Waals surface area contributed by atoms with E-state index in [0.29, 0.717) is 37.7 Å². The quantitative estimate of drug-likeness (QED) is 0.355. The molecule has 1 aromatic carbocycles. The highest BCUT2D eigenvalue weighted by Gasteiger charge is 2.34. The van der Waals surface area contributed by atoms with Crippen molar-refractivity contribution < 1.29 is 29.3 Å². The molecule has 0 aromatic heterocycles. The second kappa shape index (κ2) is 11.6. The number of allylic oxidation sites excluding steroid dienone is 3. The Hall–Kier alpha value is -2.90. The predicted molar refractivity (Wildman–Crippen MR) is 120 cm³/mol. The summed E-state index contributed by atoms with van der Waals surface area (Å²) in [4.78, 5) is 24.7. The number of esters is 1. The first-order valence-electron chi connectivity index (χ1n) is 11.1. The van der Waals surface area contributed by atoms with E-state index in [-0.39, 0.29) is 29.4 Å². The Kier molecular flexibility index (Phi) is 8.64. The summed E-state index contributed by atoms with van der Waals surface area (Å²) >= 11 is 0. The van der Waals surface area contributed by atoms with Crippen LogP contribution in [0.15, 0.2) is 54.8 Å². The fourth-order valence-corrected chi connectivity index (χ4v) is 4.07. The number of hydrogen-bond acceptors (Lipinski definition) is 6. The molecule has 1 saturated heterocycles. The highest BCUT2D eigenvalue weighted by molar-refractivity contribution is 5.94. The maximum absolute atomic E-state index is 12.9. The molecule has 32 heavy (non-hydrogen) atoms. The lowest BCUT2D eigenvalue weighted by molar-refractivity contribution is -0.115. The van der Waals surface area contributed by atoms with E-state index < -0.39 is 18.2 Å². The largest absolute Gasteiger partial charge is 0.507 e. The molecule has 1 fully saturated rings. The van der Waals surface area contributed by atoms with E-state index in [9.17, 15) is 19.8 Å². The van der Waals surface area contributed by atoms with Crippen molar-refractivity contribution in [2.24, 2.45) is 0 Å². The van der Waals surface area contributed by atoms with Crippen LogP contribution in [0.4, 0.5) is 0 Å². The first kappa shape index (κ1) is 23.8. The molecule has 3 N–H and O–H groups in total. The summed E-state index contributed by atoms with van der Waals surface area (Å²) in [5.41, 5.74) is 0.780. The molecule has 2 heterocycles. The van der Waals surface area contributed by atoms with Crippen LogP contribution in [0.3, 0.4) is 0 Å². The smallest absolute Gasteiger partial charge is 0.342 e. The van der Waals surface area contributed by atoms with E-state index in [0.717, 1.165) is 6.42 Å². The average molecular weight is 442 g/mol. The van der Waals surface area contributed by atoms with Gasteiger partial charge < -0.3 is 25.0 Å². The zero-order valence-corrected chi connectivity index (χ0v) is 18.3. The van der Waals surface area contributed by atoms with Gasteiger partial charge in [-0.1, -0.05) is 43.4 Å². The maximum Gasteiger partial charge on any atom is 0.342 e. The molecule has 2 aliphatic rings. The Morgan fingerprint density at radius 2 is 2.00 bits per heavy atom. The lowest BCUT2D eigenvalue weighted by Crippen LogP contribution is -2.40. The average Bonchev–Trinajstić information content (AvgIpc) is 2.73. The molecule has 0 saturated carbocycles. The zero-order chi connectivity index (χ0) is 22.9. The number of phenolic OH excluding ortho intramolecular Hbond substituents is 1. The molecule has 7 heteroatoms. The normalized spacial score (nSPS) is 26.2. The number of ether oxygens (including phenoxy) is 2. The van der Waals surface area contributed by atoms with Gasteiger partial charge >= 0.3 is 5.97 Å². The van der Waals surface area contributed by atoms with Gasteiger partial charge in [0.2, 0.25) is 5.91 Å². The standard InChI is InChI=1S/C25H31NO6/c1-2-3-4-5-11-23(29)26-12-7-9-19-16-21-15-18(27)14-20(31-21)13-17-8-6-10-22(28)24(17)25(30)32-19/h3-8,10-12,18-21,27-28H,2,9,13-16H2,1H3,(H,26,29)/t18-,19?,20-,21?/m0/s1. The molecule has 2 aliphatic heterocycles. The number of aliphatic hydroxyl groups excluding tert-OH is 1. The van der Waals surface area contributed by atoms with Crippen LogP contribution >= 0.6 is 0 Å². The summed E-state index contributed by atoms with van der Waals surface area (Å²) in [6.45, 7) is 2.01. The van der Waals surface area contributed by atoms with Crippen molar-refractivity contribution in [2.45, 2.75) is 69.9 Å². The summed E-state index contributed by atoms with van der Waals surface area (Å²) in [5.74, 6) is -0.969. The number of aromatic hydroxyl groups is 1. The van der Waals surface area contributed by atoms with Crippen molar-refractivity contribution in [3.8, 4) is 5.75 Å². The number of fused-ring (bicyclic) bond motifs is 3. The summed E-state index contributed by atoms with van der Waals surface area (Å²) in [5, 5.41) is 23.2. The molecule has 1 aromatic rings. The summed E-state index contributed by atoms with van der Waals surface area (Å²) in [7, 11) is 0. The lowest BCUT2D eigenvalue weighted by Gasteiger charge is -2.36. The van der Waals surface area contributed by atoms with Crippen LogP contribution in [0.1, 0.15) is 54.9 Å². The number of carbonyl (C=O) groups is 2. The van der Waals surface area contributed by atoms with Crippen LogP contribution < -0.4 is 5.32 Å². The van der Waals surface area contributed by atoms with Crippen LogP contribution in [-0.4, -0.2) is 46.5 Å². The predicted octanol–water partition coefficient (Wildman–Crippen LogP) is 3.31. The van der Waals surface area contributed by atoms with Crippen molar-refractivity contribution in [2.75, 3.05) is 0 Å². The molecule has 2 unspecified atom stereocenters. The molecule has 1 amide bonds. The Bertz CT molecular complexity index is 890. The van der Waals surface area contributed by atoms with Crippen LogP contribution in [0.2, 0.25) is 0 Å². The van der Waals surface area contributed by atoms with Gasteiger partial charge in [0.25, 0.3) is 0 Å². The van der Waals surface area contributed by atoms with Gasteiger partial charge in [0.15, 0.2) is 0 Å². The molecular formula is C25H31NO6. The van der Waals surface area contributed by atoms with Gasteiger partial charge in [-0.15, -0.1) is 0 Å². The fraction of sp³-hybridized carbons (Fsp3) is 0.440. The van der Waals surface area contributed by atoms with Crippen LogP contribution in [0.25, 0.3) is 0 Å². The fourth-order valence-electron chi connectivity index (χ4n) is 4.07. The van der Waals surface area contributed by atoms with Crippen molar-refractivity contribution in [3.63, 3.8) is 0 Å².